The second kappa shape index (κ2) is 6.13. The molecule has 3 aromatic rings. The molecule has 0 saturated heterocycles. The van der Waals surface area contributed by atoms with Crippen molar-refractivity contribution in [2.75, 3.05) is 0 Å². The van der Waals surface area contributed by atoms with E-state index < -0.39 is 5.97 Å². The van der Waals surface area contributed by atoms with Crippen LogP contribution in [0.2, 0.25) is 0 Å². The van der Waals surface area contributed by atoms with E-state index in [-0.39, 0.29) is 5.82 Å². The molecular formula is C21H16FNO2. The molecular weight excluding hydrogens is 317 g/mol. The van der Waals surface area contributed by atoms with Crippen molar-refractivity contribution in [1.82, 2.24) is 4.98 Å². The van der Waals surface area contributed by atoms with Crippen LogP contribution in [0.5, 0.6) is 0 Å². The van der Waals surface area contributed by atoms with Gasteiger partial charge in [0, 0.05) is 28.5 Å². The predicted octanol–water partition coefficient (Wildman–Crippen LogP) is 5.02. The molecule has 1 fully saturated rings. The number of rotatable bonds is 4. The highest BCUT2D eigenvalue weighted by Gasteiger charge is 2.29. The summed E-state index contributed by atoms with van der Waals surface area (Å²) in [6.45, 7) is 0. The summed E-state index contributed by atoms with van der Waals surface area (Å²) >= 11 is 0. The highest BCUT2D eigenvalue weighted by Crippen LogP contribution is 2.45. The summed E-state index contributed by atoms with van der Waals surface area (Å²) < 4.78 is 13.4. The van der Waals surface area contributed by atoms with Crippen LogP contribution in [0.3, 0.4) is 0 Å². The highest BCUT2D eigenvalue weighted by atomic mass is 19.1. The molecule has 0 aliphatic heterocycles. The van der Waals surface area contributed by atoms with E-state index in [1.165, 1.54) is 12.1 Å². The van der Waals surface area contributed by atoms with Crippen molar-refractivity contribution in [2.45, 2.75) is 18.8 Å². The van der Waals surface area contributed by atoms with Gasteiger partial charge in [0.1, 0.15) is 5.82 Å². The molecule has 0 bridgehead atoms. The number of carboxylic acid groups (broad SMARTS) is 1. The van der Waals surface area contributed by atoms with E-state index in [1.54, 1.807) is 18.2 Å². The Labute approximate surface area is 144 Å². The molecule has 2 aromatic carbocycles. The van der Waals surface area contributed by atoms with E-state index in [0.29, 0.717) is 5.92 Å². The molecule has 1 aliphatic carbocycles. The zero-order valence-corrected chi connectivity index (χ0v) is 13.4. The Bertz CT molecular complexity index is 989. The molecule has 0 spiro atoms. The van der Waals surface area contributed by atoms with E-state index in [1.807, 2.05) is 24.3 Å². The number of pyridine rings is 1. The van der Waals surface area contributed by atoms with E-state index >= 15 is 0 Å². The van der Waals surface area contributed by atoms with Gasteiger partial charge >= 0.3 is 5.97 Å². The number of benzene rings is 2. The fraction of sp³-hybridized carbons (Fsp3) is 0.143. The maximum atomic E-state index is 13.4. The summed E-state index contributed by atoms with van der Waals surface area (Å²) in [5.41, 5.74) is 4.37. The van der Waals surface area contributed by atoms with Crippen LogP contribution in [0, 0.1) is 5.82 Å². The van der Waals surface area contributed by atoms with Crippen LogP contribution < -0.4 is 0 Å². The average molecular weight is 333 g/mol. The lowest BCUT2D eigenvalue weighted by Crippen LogP contribution is -1.99. The van der Waals surface area contributed by atoms with Gasteiger partial charge in [-0.15, -0.1) is 0 Å². The fourth-order valence-corrected chi connectivity index (χ4v) is 3.16. The van der Waals surface area contributed by atoms with E-state index in [4.69, 9.17) is 10.1 Å². The average Bonchev–Trinajstić information content (AvgIpc) is 3.44. The largest absolute Gasteiger partial charge is 0.478 e. The zero-order valence-electron chi connectivity index (χ0n) is 13.4. The smallest absolute Gasteiger partial charge is 0.328 e. The lowest BCUT2D eigenvalue weighted by molar-refractivity contribution is -0.131. The van der Waals surface area contributed by atoms with Crippen LogP contribution in [-0.4, -0.2) is 16.1 Å². The Kier molecular flexibility index (Phi) is 3.80. The first-order chi connectivity index (χ1) is 12.1. The standard InChI is InChI=1S/C21H16FNO2/c22-15-9-7-13(8-10-15)20-16-3-1-2-4-18(16)23-21(14-5-6-14)17(20)11-12-19(24)25/h1-4,7-12,14H,5-6H2,(H,24,25)/b12-11+. The van der Waals surface area contributed by atoms with Gasteiger partial charge in [-0.2, -0.15) is 0 Å². The third kappa shape index (κ3) is 3.03. The maximum absolute atomic E-state index is 13.4. The number of hydrogen-bond donors (Lipinski definition) is 1. The molecule has 4 rings (SSSR count). The molecule has 1 saturated carbocycles. The Hall–Kier alpha value is -3.01. The second-order valence-electron chi connectivity index (χ2n) is 6.26. The van der Waals surface area contributed by atoms with Crippen molar-refractivity contribution in [3.05, 3.63) is 71.7 Å². The molecule has 0 amide bonds. The Morgan fingerprint density at radius 3 is 2.52 bits per heavy atom. The highest BCUT2D eigenvalue weighted by molar-refractivity contribution is 6.00. The molecule has 0 atom stereocenters. The molecule has 1 aliphatic rings. The number of nitrogens with zero attached hydrogens (tertiary/aromatic N) is 1. The number of fused-ring (bicyclic) bond motifs is 1. The number of aliphatic carboxylic acids is 1. The van der Waals surface area contributed by atoms with Crippen LogP contribution in [-0.2, 0) is 4.79 Å². The summed E-state index contributed by atoms with van der Waals surface area (Å²) in [7, 11) is 0. The molecule has 0 unspecified atom stereocenters. The normalized spacial score (nSPS) is 14.3. The molecule has 1 heterocycles. The van der Waals surface area contributed by atoms with Crippen molar-refractivity contribution in [1.29, 1.82) is 0 Å². The van der Waals surface area contributed by atoms with E-state index in [9.17, 15) is 9.18 Å². The summed E-state index contributed by atoms with van der Waals surface area (Å²) in [6, 6.07) is 14.1. The van der Waals surface area contributed by atoms with Gasteiger partial charge in [0.25, 0.3) is 0 Å². The summed E-state index contributed by atoms with van der Waals surface area (Å²) in [4.78, 5) is 15.9. The third-order valence-electron chi connectivity index (χ3n) is 4.45. The zero-order chi connectivity index (χ0) is 17.4. The molecule has 25 heavy (non-hydrogen) atoms. The first-order valence-corrected chi connectivity index (χ1v) is 8.23. The van der Waals surface area contributed by atoms with Crippen LogP contribution in [0.4, 0.5) is 4.39 Å². The molecule has 124 valence electrons. The Balaban J connectivity index is 2.06. The van der Waals surface area contributed by atoms with Crippen LogP contribution in [0.1, 0.15) is 30.0 Å². The minimum Gasteiger partial charge on any atom is -0.478 e. The second-order valence-corrected chi connectivity index (χ2v) is 6.26. The quantitative estimate of drug-likeness (QED) is 0.682. The molecule has 3 nitrogen and oxygen atoms in total. The van der Waals surface area contributed by atoms with Gasteiger partial charge in [0.05, 0.1) is 11.2 Å². The molecule has 0 radical (unpaired) electrons. The van der Waals surface area contributed by atoms with Gasteiger partial charge in [-0.25, -0.2) is 9.18 Å². The summed E-state index contributed by atoms with van der Waals surface area (Å²) in [6.07, 6.45) is 4.88. The van der Waals surface area contributed by atoms with Crippen LogP contribution in [0.25, 0.3) is 28.1 Å². The number of halogens is 1. The lowest BCUT2D eigenvalue weighted by atomic mass is 9.92. The Morgan fingerprint density at radius 1 is 1.12 bits per heavy atom. The van der Waals surface area contributed by atoms with Gasteiger partial charge in [0.2, 0.25) is 0 Å². The molecule has 4 heteroatoms. The minimum absolute atomic E-state index is 0.299. The lowest BCUT2D eigenvalue weighted by Gasteiger charge is -2.15. The van der Waals surface area contributed by atoms with Gasteiger partial charge in [0.15, 0.2) is 0 Å². The van der Waals surface area contributed by atoms with Gasteiger partial charge in [-0.1, -0.05) is 30.3 Å². The number of para-hydroxylation sites is 1. The molecule has 1 aromatic heterocycles. The third-order valence-corrected chi connectivity index (χ3v) is 4.45. The van der Waals surface area contributed by atoms with Gasteiger partial charge in [-0.3, -0.25) is 4.98 Å². The molecule has 1 N–H and O–H groups in total. The number of carbonyl (C=O) groups is 1. The van der Waals surface area contributed by atoms with E-state index in [0.717, 1.165) is 52.2 Å². The van der Waals surface area contributed by atoms with Crippen LogP contribution >= 0.6 is 0 Å². The monoisotopic (exact) mass is 333 g/mol. The van der Waals surface area contributed by atoms with Gasteiger partial charge < -0.3 is 5.11 Å². The fourth-order valence-electron chi connectivity index (χ4n) is 3.16. The topological polar surface area (TPSA) is 50.2 Å². The predicted molar refractivity (Wildman–Crippen MR) is 95.8 cm³/mol. The summed E-state index contributed by atoms with van der Waals surface area (Å²) in [5, 5.41) is 10.0. The first-order valence-electron chi connectivity index (χ1n) is 8.23. The SMILES string of the molecule is O=C(O)/C=C/c1c(C2CC2)nc2ccccc2c1-c1ccc(F)cc1. The van der Waals surface area contributed by atoms with Gasteiger partial charge in [-0.05, 0) is 42.7 Å². The van der Waals surface area contributed by atoms with Crippen molar-refractivity contribution in [2.24, 2.45) is 0 Å². The van der Waals surface area contributed by atoms with Crippen molar-refractivity contribution < 1.29 is 14.3 Å². The van der Waals surface area contributed by atoms with E-state index in [2.05, 4.69) is 0 Å². The first kappa shape index (κ1) is 15.5. The van der Waals surface area contributed by atoms with Crippen molar-refractivity contribution in [3.63, 3.8) is 0 Å². The minimum atomic E-state index is -1.00. The van der Waals surface area contributed by atoms with Crippen LogP contribution in [0.15, 0.2) is 54.6 Å². The maximum Gasteiger partial charge on any atom is 0.328 e. The number of carboxylic acids is 1. The van der Waals surface area contributed by atoms with Crippen molar-refractivity contribution in [3.8, 4) is 11.1 Å². The number of aromatic nitrogens is 1. The van der Waals surface area contributed by atoms with Crippen molar-refractivity contribution >= 4 is 22.9 Å². The number of hydrogen-bond acceptors (Lipinski definition) is 2. The Morgan fingerprint density at radius 2 is 1.84 bits per heavy atom. The summed E-state index contributed by atoms with van der Waals surface area (Å²) in [5.74, 6) is -0.940.